The van der Waals surface area contributed by atoms with Crippen molar-refractivity contribution in [1.29, 1.82) is 0 Å². The van der Waals surface area contributed by atoms with Crippen molar-refractivity contribution in [3.8, 4) is 11.3 Å². The summed E-state index contributed by atoms with van der Waals surface area (Å²) in [6, 6.07) is 9.45. The van der Waals surface area contributed by atoms with Crippen LogP contribution in [-0.2, 0) is 12.2 Å². The Bertz CT molecular complexity index is 638. The molecule has 0 saturated heterocycles. The SMILES string of the molecule is CCc1nn(C2CCCC2)c2c1CSc1ccccc1-2. The fraction of sp³-hybridized carbons (Fsp3) is 0.471. The van der Waals surface area contributed by atoms with Gasteiger partial charge in [-0.25, -0.2) is 0 Å². The van der Waals surface area contributed by atoms with Gasteiger partial charge in [0, 0.05) is 21.8 Å². The molecular formula is C17H20N2S. The number of hydrogen-bond donors (Lipinski definition) is 0. The fourth-order valence-corrected chi connectivity index (χ4v) is 4.69. The normalized spacial score (nSPS) is 18.1. The molecule has 0 unspecified atom stereocenters. The topological polar surface area (TPSA) is 17.8 Å². The van der Waals surface area contributed by atoms with Gasteiger partial charge in [-0.3, -0.25) is 4.68 Å². The lowest BCUT2D eigenvalue weighted by molar-refractivity contribution is 0.468. The van der Waals surface area contributed by atoms with Crippen molar-refractivity contribution < 1.29 is 0 Å². The first-order chi connectivity index (χ1) is 9.88. The Morgan fingerprint density at radius 2 is 2.05 bits per heavy atom. The molecule has 2 aliphatic rings. The maximum atomic E-state index is 4.99. The second-order valence-corrected chi connectivity index (χ2v) is 6.81. The second-order valence-electron chi connectivity index (χ2n) is 5.80. The van der Waals surface area contributed by atoms with Gasteiger partial charge in [-0.15, -0.1) is 11.8 Å². The zero-order valence-corrected chi connectivity index (χ0v) is 12.7. The smallest absolute Gasteiger partial charge is 0.0740 e. The van der Waals surface area contributed by atoms with Crippen molar-refractivity contribution in [2.75, 3.05) is 0 Å². The van der Waals surface area contributed by atoms with Gasteiger partial charge in [0.05, 0.1) is 17.4 Å². The van der Waals surface area contributed by atoms with Crippen LogP contribution in [0.25, 0.3) is 11.3 Å². The Morgan fingerprint density at radius 3 is 2.85 bits per heavy atom. The second kappa shape index (κ2) is 4.96. The Hall–Kier alpha value is -1.22. The van der Waals surface area contributed by atoms with Crippen LogP contribution in [0.15, 0.2) is 29.2 Å². The molecule has 4 rings (SSSR count). The molecule has 1 aromatic heterocycles. The third-order valence-electron chi connectivity index (χ3n) is 4.61. The highest BCUT2D eigenvalue weighted by Gasteiger charge is 2.29. The zero-order valence-electron chi connectivity index (χ0n) is 11.9. The van der Waals surface area contributed by atoms with E-state index in [0.29, 0.717) is 6.04 Å². The summed E-state index contributed by atoms with van der Waals surface area (Å²) in [4.78, 5) is 1.42. The van der Waals surface area contributed by atoms with E-state index in [-0.39, 0.29) is 0 Å². The van der Waals surface area contributed by atoms with Gasteiger partial charge in [-0.1, -0.05) is 38.0 Å². The van der Waals surface area contributed by atoms with Crippen LogP contribution in [0.3, 0.4) is 0 Å². The van der Waals surface area contributed by atoms with Gasteiger partial charge in [0.15, 0.2) is 0 Å². The summed E-state index contributed by atoms with van der Waals surface area (Å²) in [5, 5.41) is 4.99. The summed E-state index contributed by atoms with van der Waals surface area (Å²) in [6.07, 6.45) is 6.36. The van der Waals surface area contributed by atoms with E-state index in [0.717, 1.165) is 12.2 Å². The van der Waals surface area contributed by atoms with Gasteiger partial charge < -0.3 is 0 Å². The predicted molar refractivity (Wildman–Crippen MR) is 84.1 cm³/mol. The third-order valence-corrected chi connectivity index (χ3v) is 5.71. The third kappa shape index (κ3) is 1.83. The van der Waals surface area contributed by atoms with Gasteiger partial charge >= 0.3 is 0 Å². The summed E-state index contributed by atoms with van der Waals surface area (Å²) >= 11 is 1.96. The van der Waals surface area contributed by atoms with Gasteiger partial charge in [0.25, 0.3) is 0 Å². The Balaban J connectivity index is 1.92. The van der Waals surface area contributed by atoms with Crippen molar-refractivity contribution in [3.63, 3.8) is 0 Å². The molecule has 0 spiro atoms. The number of aryl methyl sites for hydroxylation is 1. The van der Waals surface area contributed by atoms with E-state index in [1.807, 2.05) is 11.8 Å². The number of rotatable bonds is 2. The maximum absolute atomic E-state index is 4.99. The molecule has 2 nitrogen and oxygen atoms in total. The summed E-state index contributed by atoms with van der Waals surface area (Å²) in [5.41, 5.74) is 5.62. The molecule has 1 aromatic carbocycles. The first kappa shape index (κ1) is 12.5. The van der Waals surface area contributed by atoms with Gasteiger partial charge in [0.2, 0.25) is 0 Å². The minimum absolute atomic E-state index is 0.625. The molecule has 0 bridgehead atoms. The van der Waals surface area contributed by atoms with E-state index in [1.54, 1.807) is 0 Å². The van der Waals surface area contributed by atoms with Crippen LogP contribution in [-0.4, -0.2) is 9.78 Å². The Kier molecular flexibility index (Phi) is 3.10. The average Bonchev–Trinajstić information content (AvgIpc) is 3.14. The van der Waals surface area contributed by atoms with Crippen LogP contribution in [0.4, 0.5) is 0 Å². The van der Waals surface area contributed by atoms with Crippen molar-refractivity contribution >= 4 is 11.8 Å². The molecular weight excluding hydrogens is 264 g/mol. The average molecular weight is 284 g/mol. The number of fused-ring (bicyclic) bond motifs is 3. The molecule has 3 heteroatoms. The highest BCUT2D eigenvalue weighted by molar-refractivity contribution is 7.98. The highest BCUT2D eigenvalue weighted by atomic mass is 32.2. The number of benzene rings is 1. The van der Waals surface area contributed by atoms with E-state index in [1.165, 1.54) is 53.1 Å². The number of hydrogen-bond acceptors (Lipinski definition) is 2. The van der Waals surface area contributed by atoms with Crippen LogP contribution < -0.4 is 0 Å². The quantitative estimate of drug-likeness (QED) is 0.786. The van der Waals surface area contributed by atoms with E-state index in [9.17, 15) is 0 Å². The van der Waals surface area contributed by atoms with Crippen LogP contribution in [0.5, 0.6) is 0 Å². The maximum Gasteiger partial charge on any atom is 0.0740 e. The molecule has 2 aromatic rings. The summed E-state index contributed by atoms with van der Waals surface area (Å²) in [6.45, 7) is 2.23. The molecule has 0 atom stereocenters. The van der Waals surface area contributed by atoms with Crippen LogP contribution in [0.2, 0.25) is 0 Å². The summed E-state index contributed by atoms with van der Waals surface area (Å²) in [5.74, 6) is 1.09. The molecule has 1 fully saturated rings. The zero-order chi connectivity index (χ0) is 13.5. The lowest BCUT2D eigenvalue weighted by Crippen LogP contribution is -2.10. The molecule has 1 aliphatic heterocycles. The standard InChI is InChI=1S/C17H20N2S/c1-2-15-14-11-20-16-10-6-5-9-13(16)17(14)19(18-15)12-7-3-4-8-12/h5-6,9-10,12H,2-4,7-8,11H2,1H3. The van der Waals surface area contributed by atoms with Gasteiger partial charge in [0.1, 0.15) is 0 Å². The lowest BCUT2D eigenvalue weighted by atomic mass is 10.0. The van der Waals surface area contributed by atoms with Crippen molar-refractivity contribution in [2.45, 2.75) is 55.7 Å². The molecule has 2 heterocycles. The van der Waals surface area contributed by atoms with E-state index in [4.69, 9.17) is 5.10 Å². The van der Waals surface area contributed by atoms with E-state index < -0.39 is 0 Å². The Labute approximate surface area is 124 Å². The molecule has 1 aliphatic carbocycles. The molecule has 1 saturated carbocycles. The van der Waals surface area contributed by atoms with Crippen LogP contribution >= 0.6 is 11.8 Å². The lowest BCUT2D eigenvalue weighted by Gasteiger charge is -2.20. The minimum Gasteiger partial charge on any atom is -0.261 e. The van der Waals surface area contributed by atoms with E-state index >= 15 is 0 Å². The minimum atomic E-state index is 0.625. The van der Waals surface area contributed by atoms with Crippen molar-refractivity contribution in [1.82, 2.24) is 9.78 Å². The number of thioether (sulfide) groups is 1. The molecule has 0 amide bonds. The van der Waals surface area contributed by atoms with Gasteiger partial charge in [-0.05, 0) is 25.3 Å². The largest absolute Gasteiger partial charge is 0.261 e. The van der Waals surface area contributed by atoms with Crippen LogP contribution in [0.1, 0.15) is 49.9 Å². The summed E-state index contributed by atoms with van der Waals surface area (Å²) < 4.78 is 2.37. The van der Waals surface area contributed by atoms with Crippen molar-refractivity contribution in [2.24, 2.45) is 0 Å². The molecule has 0 N–H and O–H groups in total. The first-order valence-electron chi connectivity index (χ1n) is 7.71. The van der Waals surface area contributed by atoms with Gasteiger partial charge in [-0.2, -0.15) is 5.10 Å². The summed E-state index contributed by atoms with van der Waals surface area (Å²) in [7, 11) is 0. The Morgan fingerprint density at radius 1 is 1.25 bits per heavy atom. The fourth-order valence-electron chi connectivity index (χ4n) is 3.59. The number of nitrogens with zero attached hydrogens (tertiary/aromatic N) is 2. The molecule has 20 heavy (non-hydrogen) atoms. The van der Waals surface area contributed by atoms with Crippen LogP contribution in [0, 0.1) is 0 Å². The van der Waals surface area contributed by atoms with E-state index in [2.05, 4.69) is 35.9 Å². The highest BCUT2D eigenvalue weighted by Crippen LogP contribution is 2.45. The monoisotopic (exact) mass is 284 g/mol. The molecule has 0 radical (unpaired) electrons. The number of aromatic nitrogens is 2. The first-order valence-corrected chi connectivity index (χ1v) is 8.69. The predicted octanol–water partition coefficient (Wildman–Crippen LogP) is 4.83. The molecule has 104 valence electrons. The van der Waals surface area contributed by atoms with Crippen molar-refractivity contribution in [3.05, 3.63) is 35.5 Å².